The molecule has 3 atom stereocenters. The van der Waals surface area contributed by atoms with E-state index < -0.39 is 5.60 Å². The van der Waals surface area contributed by atoms with Crippen molar-refractivity contribution in [1.82, 2.24) is 0 Å². The Balaban J connectivity index is 2.01. The van der Waals surface area contributed by atoms with Crippen molar-refractivity contribution in [3.63, 3.8) is 0 Å². The Bertz CT molecular complexity index is 623. The molecule has 3 heteroatoms. The lowest BCUT2D eigenvalue weighted by Gasteiger charge is -2.51. The Labute approximate surface area is 124 Å². The number of ether oxygens (including phenoxy) is 1. The van der Waals surface area contributed by atoms with Gasteiger partial charge in [-0.1, -0.05) is 60.7 Å². The molecule has 1 aliphatic carbocycles. The minimum atomic E-state index is -1.01. The van der Waals surface area contributed by atoms with Gasteiger partial charge in [0.15, 0.2) is 0 Å². The van der Waals surface area contributed by atoms with Gasteiger partial charge in [-0.15, -0.1) is 0 Å². The smallest absolute Gasteiger partial charge is 0.309 e. The Morgan fingerprint density at radius 2 is 1.67 bits per heavy atom. The molecule has 0 bridgehead atoms. The molecule has 2 aromatic rings. The van der Waals surface area contributed by atoms with Crippen LogP contribution in [-0.2, 0) is 15.1 Å². The van der Waals surface area contributed by atoms with E-state index >= 15 is 0 Å². The van der Waals surface area contributed by atoms with Gasteiger partial charge in [-0.3, -0.25) is 4.79 Å². The maximum Gasteiger partial charge on any atom is 0.309 e. The molecule has 0 unspecified atom stereocenters. The second-order valence-electron chi connectivity index (χ2n) is 5.51. The zero-order valence-electron chi connectivity index (χ0n) is 11.9. The summed E-state index contributed by atoms with van der Waals surface area (Å²) >= 11 is 0. The third-order valence-corrected chi connectivity index (χ3v) is 4.38. The molecular weight excluding hydrogens is 264 g/mol. The molecule has 0 aromatic heterocycles. The summed E-state index contributed by atoms with van der Waals surface area (Å²) in [6.07, 6.45) is 0.392. The van der Waals surface area contributed by atoms with Crippen LogP contribution in [0.15, 0.2) is 60.7 Å². The van der Waals surface area contributed by atoms with Crippen LogP contribution in [0, 0.1) is 5.92 Å². The fourth-order valence-corrected chi connectivity index (χ4v) is 3.32. The number of carbonyl (C=O) groups excluding carboxylic acids is 1. The average Bonchev–Trinajstić information content (AvgIpc) is 2.53. The third-order valence-electron chi connectivity index (χ3n) is 4.38. The first-order chi connectivity index (χ1) is 10.2. The molecule has 1 N–H and O–H groups in total. The van der Waals surface area contributed by atoms with Gasteiger partial charge in [0.05, 0.1) is 18.6 Å². The van der Waals surface area contributed by atoms with Crippen LogP contribution < -0.4 is 0 Å². The molecule has 3 rings (SSSR count). The number of hydrogen-bond donors (Lipinski definition) is 1. The van der Waals surface area contributed by atoms with Gasteiger partial charge in [-0.2, -0.15) is 0 Å². The second-order valence-corrected chi connectivity index (χ2v) is 5.51. The van der Waals surface area contributed by atoms with Crippen molar-refractivity contribution >= 4 is 5.97 Å². The lowest BCUT2D eigenvalue weighted by molar-refractivity contribution is -0.169. The molecule has 1 aliphatic rings. The normalized spacial score (nSPS) is 27.7. The molecule has 0 heterocycles. The monoisotopic (exact) mass is 282 g/mol. The highest BCUT2D eigenvalue weighted by Crippen LogP contribution is 2.56. The average molecular weight is 282 g/mol. The zero-order valence-corrected chi connectivity index (χ0v) is 11.9. The van der Waals surface area contributed by atoms with Crippen LogP contribution in [0.25, 0.3) is 0 Å². The van der Waals surface area contributed by atoms with E-state index in [0.717, 1.165) is 11.1 Å². The second kappa shape index (κ2) is 5.34. The Morgan fingerprint density at radius 3 is 2.24 bits per heavy atom. The standard InChI is InChI=1S/C18H18O3/c1-21-17(19)15-12-18(20,14-10-6-3-7-11-14)16(15)13-8-4-2-5-9-13/h2-11,15-16,20H,12H2,1H3/t15-,16+,18+/m1/s1. The molecule has 2 aromatic carbocycles. The summed E-state index contributed by atoms with van der Waals surface area (Å²) < 4.78 is 4.89. The van der Waals surface area contributed by atoms with E-state index in [1.165, 1.54) is 7.11 Å². The van der Waals surface area contributed by atoms with Gasteiger partial charge in [-0.25, -0.2) is 0 Å². The predicted octanol–water partition coefficient (Wildman–Crippen LogP) is 2.85. The van der Waals surface area contributed by atoms with Crippen molar-refractivity contribution in [2.24, 2.45) is 5.92 Å². The van der Waals surface area contributed by atoms with Gasteiger partial charge >= 0.3 is 5.97 Å². The number of carbonyl (C=O) groups is 1. The number of rotatable bonds is 3. The number of esters is 1. The van der Waals surface area contributed by atoms with E-state index in [-0.39, 0.29) is 17.8 Å². The lowest BCUT2D eigenvalue weighted by Crippen LogP contribution is -2.52. The molecular formula is C18H18O3. The van der Waals surface area contributed by atoms with Crippen LogP contribution in [0.5, 0.6) is 0 Å². The first-order valence-electron chi connectivity index (χ1n) is 7.07. The van der Waals surface area contributed by atoms with Gasteiger partial charge in [0.1, 0.15) is 0 Å². The van der Waals surface area contributed by atoms with E-state index in [2.05, 4.69) is 0 Å². The van der Waals surface area contributed by atoms with Gasteiger partial charge in [0, 0.05) is 5.92 Å². The quantitative estimate of drug-likeness (QED) is 0.881. The molecule has 0 radical (unpaired) electrons. The number of methoxy groups -OCH3 is 1. The topological polar surface area (TPSA) is 46.5 Å². The molecule has 0 spiro atoms. The van der Waals surface area contributed by atoms with Crippen molar-refractivity contribution in [3.05, 3.63) is 71.8 Å². The predicted molar refractivity (Wildman–Crippen MR) is 79.6 cm³/mol. The fourth-order valence-electron chi connectivity index (χ4n) is 3.32. The molecule has 0 amide bonds. The molecule has 21 heavy (non-hydrogen) atoms. The van der Waals surface area contributed by atoms with Crippen molar-refractivity contribution in [2.75, 3.05) is 7.11 Å². The van der Waals surface area contributed by atoms with Crippen LogP contribution >= 0.6 is 0 Å². The van der Waals surface area contributed by atoms with E-state index in [0.29, 0.717) is 6.42 Å². The minimum Gasteiger partial charge on any atom is -0.469 e. The summed E-state index contributed by atoms with van der Waals surface area (Å²) in [5, 5.41) is 11.1. The summed E-state index contributed by atoms with van der Waals surface area (Å²) in [6.45, 7) is 0. The van der Waals surface area contributed by atoms with Crippen molar-refractivity contribution in [3.8, 4) is 0 Å². The molecule has 108 valence electrons. The highest BCUT2D eigenvalue weighted by atomic mass is 16.5. The highest BCUT2D eigenvalue weighted by molar-refractivity contribution is 5.76. The van der Waals surface area contributed by atoms with Gasteiger partial charge in [0.2, 0.25) is 0 Å². The highest BCUT2D eigenvalue weighted by Gasteiger charge is 2.57. The molecule has 1 saturated carbocycles. The number of aliphatic hydroxyl groups is 1. The van der Waals surface area contributed by atoms with Crippen LogP contribution in [0.4, 0.5) is 0 Å². The molecule has 0 aliphatic heterocycles. The number of benzene rings is 2. The summed E-state index contributed by atoms with van der Waals surface area (Å²) in [7, 11) is 1.39. The van der Waals surface area contributed by atoms with E-state index in [4.69, 9.17) is 4.74 Å². The fraction of sp³-hybridized carbons (Fsp3) is 0.278. The largest absolute Gasteiger partial charge is 0.469 e. The summed E-state index contributed by atoms with van der Waals surface area (Å²) in [5.74, 6) is -0.833. The summed E-state index contributed by atoms with van der Waals surface area (Å²) in [5.41, 5.74) is 0.797. The van der Waals surface area contributed by atoms with Crippen LogP contribution in [0.3, 0.4) is 0 Å². The molecule has 0 saturated heterocycles. The van der Waals surface area contributed by atoms with Gasteiger partial charge in [-0.05, 0) is 17.5 Å². The molecule has 3 nitrogen and oxygen atoms in total. The Kier molecular flexibility index (Phi) is 3.52. The van der Waals surface area contributed by atoms with Gasteiger partial charge in [0.25, 0.3) is 0 Å². The van der Waals surface area contributed by atoms with E-state index in [1.807, 2.05) is 60.7 Å². The third kappa shape index (κ3) is 2.24. The maximum atomic E-state index is 12.0. The SMILES string of the molecule is COC(=O)[C@@H]1C[C@](O)(c2ccccc2)[C@H]1c1ccccc1. The van der Waals surface area contributed by atoms with Crippen LogP contribution in [-0.4, -0.2) is 18.2 Å². The minimum absolute atomic E-state index is 0.260. The van der Waals surface area contributed by atoms with Gasteiger partial charge < -0.3 is 9.84 Å². The maximum absolute atomic E-state index is 12.0. The van der Waals surface area contributed by atoms with Crippen LogP contribution in [0.1, 0.15) is 23.5 Å². The van der Waals surface area contributed by atoms with E-state index in [1.54, 1.807) is 0 Å². The Hall–Kier alpha value is -2.13. The zero-order chi connectivity index (χ0) is 14.9. The Morgan fingerprint density at radius 1 is 1.10 bits per heavy atom. The van der Waals surface area contributed by atoms with Crippen molar-refractivity contribution < 1.29 is 14.6 Å². The number of hydrogen-bond acceptors (Lipinski definition) is 3. The van der Waals surface area contributed by atoms with Crippen LogP contribution in [0.2, 0.25) is 0 Å². The lowest BCUT2D eigenvalue weighted by atomic mass is 9.56. The van der Waals surface area contributed by atoms with Crippen molar-refractivity contribution in [2.45, 2.75) is 17.9 Å². The first kappa shape index (κ1) is 13.8. The van der Waals surface area contributed by atoms with Crippen molar-refractivity contribution in [1.29, 1.82) is 0 Å². The molecule has 1 fully saturated rings. The first-order valence-corrected chi connectivity index (χ1v) is 7.07. The van der Waals surface area contributed by atoms with E-state index in [9.17, 15) is 9.90 Å². The summed E-state index contributed by atoms with van der Waals surface area (Å²) in [4.78, 5) is 12.0. The summed E-state index contributed by atoms with van der Waals surface area (Å²) in [6, 6.07) is 19.2.